The van der Waals surface area contributed by atoms with Gasteiger partial charge in [-0.1, -0.05) is 23.8 Å². The molecular formula is C26H19F3O6. The van der Waals surface area contributed by atoms with E-state index >= 15 is 0 Å². The largest absolute Gasteiger partial charge is 0.493 e. The van der Waals surface area contributed by atoms with Crippen molar-refractivity contribution in [3.05, 3.63) is 87.8 Å². The first-order chi connectivity index (χ1) is 16.6. The van der Waals surface area contributed by atoms with Crippen molar-refractivity contribution in [1.82, 2.24) is 0 Å². The molecule has 4 aromatic rings. The van der Waals surface area contributed by atoms with Crippen LogP contribution >= 0.6 is 0 Å². The van der Waals surface area contributed by atoms with Crippen LogP contribution in [0.5, 0.6) is 17.2 Å². The highest BCUT2D eigenvalue weighted by molar-refractivity contribution is 5.92. The third kappa shape index (κ3) is 4.70. The second-order valence-electron chi connectivity index (χ2n) is 7.62. The van der Waals surface area contributed by atoms with Crippen LogP contribution in [0.1, 0.15) is 21.7 Å². The Hall–Kier alpha value is -4.27. The molecule has 0 aliphatic heterocycles. The van der Waals surface area contributed by atoms with Crippen LogP contribution in [0.25, 0.3) is 22.1 Å². The van der Waals surface area contributed by atoms with E-state index in [0.717, 1.165) is 11.6 Å². The quantitative estimate of drug-likeness (QED) is 0.255. The Morgan fingerprint density at radius 1 is 0.914 bits per heavy atom. The number of alkyl halides is 3. The highest BCUT2D eigenvalue weighted by Gasteiger charge is 2.39. The van der Waals surface area contributed by atoms with Crippen molar-refractivity contribution in [2.24, 2.45) is 0 Å². The van der Waals surface area contributed by atoms with Crippen molar-refractivity contribution in [2.45, 2.75) is 13.1 Å². The molecule has 6 nitrogen and oxygen atoms in total. The number of ether oxygens (including phenoxy) is 3. The lowest BCUT2D eigenvalue weighted by molar-refractivity contribution is -0.152. The van der Waals surface area contributed by atoms with Crippen LogP contribution in [0.3, 0.4) is 0 Å². The van der Waals surface area contributed by atoms with Crippen molar-refractivity contribution >= 4 is 16.9 Å². The first-order valence-electron chi connectivity index (χ1n) is 10.3. The van der Waals surface area contributed by atoms with Gasteiger partial charge in [-0.2, -0.15) is 13.2 Å². The molecule has 0 fully saturated rings. The summed E-state index contributed by atoms with van der Waals surface area (Å²) in [7, 11) is 2.71. The number of carbonyl (C=O) groups excluding carboxylic acids is 1. The summed E-state index contributed by atoms with van der Waals surface area (Å²) in [6.45, 7) is 1.80. The fourth-order valence-electron chi connectivity index (χ4n) is 3.63. The summed E-state index contributed by atoms with van der Waals surface area (Å²) in [5.41, 5.74) is -0.896. The molecule has 0 saturated carbocycles. The Morgan fingerprint density at radius 2 is 1.66 bits per heavy atom. The number of hydrogen-bond acceptors (Lipinski definition) is 6. The molecule has 0 aliphatic rings. The Labute approximate surface area is 197 Å². The predicted molar refractivity (Wildman–Crippen MR) is 122 cm³/mol. The fourth-order valence-corrected chi connectivity index (χ4v) is 3.63. The summed E-state index contributed by atoms with van der Waals surface area (Å²) < 4.78 is 62.6. The van der Waals surface area contributed by atoms with Gasteiger partial charge in [-0.15, -0.1) is 0 Å². The molecular weight excluding hydrogens is 465 g/mol. The van der Waals surface area contributed by atoms with Crippen molar-refractivity contribution in [1.29, 1.82) is 0 Å². The monoisotopic (exact) mass is 484 g/mol. The average molecular weight is 484 g/mol. The van der Waals surface area contributed by atoms with Gasteiger partial charge >= 0.3 is 12.1 Å². The highest BCUT2D eigenvalue weighted by Crippen LogP contribution is 2.40. The fraction of sp³-hybridized carbons (Fsp3) is 0.154. The van der Waals surface area contributed by atoms with Gasteiger partial charge in [-0.25, -0.2) is 4.79 Å². The van der Waals surface area contributed by atoms with Crippen LogP contribution in [-0.2, 0) is 6.18 Å². The van der Waals surface area contributed by atoms with Gasteiger partial charge in [0.1, 0.15) is 11.3 Å². The summed E-state index contributed by atoms with van der Waals surface area (Å²) in [4.78, 5) is 25.6. The number of hydrogen-bond donors (Lipinski definition) is 0. The molecule has 0 N–H and O–H groups in total. The number of rotatable bonds is 5. The van der Waals surface area contributed by atoms with Gasteiger partial charge in [-0.3, -0.25) is 4.79 Å². The molecule has 3 aromatic carbocycles. The number of carbonyl (C=O) groups is 1. The summed E-state index contributed by atoms with van der Waals surface area (Å²) >= 11 is 0. The van der Waals surface area contributed by atoms with Gasteiger partial charge in [0.15, 0.2) is 11.5 Å². The van der Waals surface area contributed by atoms with E-state index in [1.54, 1.807) is 31.2 Å². The minimum atomic E-state index is -4.98. The highest BCUT2D eigenvalue weighted by atomic mass is 19.4. The normalized spacial score (nSPS) is 11.4. The number of fused-ring (bicyclic) bond motifs is 1. The van der Waals surface area contributed by atoms with Crippen LogP contribution in [0.15, 0.2) is 69.9 Å². The molecule has 0 saturated heterocycles. The van der Waals surface area contributed by atoms with Gasteiger partial charge < -0.3 is 18.6 Å². The van der Waals surface area contributed by atoms with Crippen molar-refractivity contribution in [2.75, 3.05) is 14.2 Å². The summed E-state index contributed by atoms with van der Waals surface area (Å²) in [6, 6.07) is 14.3. The molecule has 9 heteroatoms. The summed E-state index contributed by atoms with van der Waals surface area (Å²) in [5, 5.41) is -0.113. The van der Waals surface area contributed by atoms with Crippen molar-refractivity contribution < 1.29 is 36.6 Å². The second kappa shape index (κ2) is 9.17. The first-order valence-corrected chi connectivity index (χ1v) is 10.3. The third-order valence-corrected chi connectivity index (χ3v) is 5.26. The number of methoxy groups -OCH3 is 2. The molecule has 0 bridgehead atoms. The molecule has 1 aromatic heterocycles. The zero-order chi connectivity index (χ0) is 25.3. The molecule has 0 aliphatic carbocycles. The summed E-state index contributed by atoms with van der Waals surface area (Å²) in [5.74, 6) is -1.82. The maximum Gasteiger partial charge on any atom is 0.450 e. The summed E-state index contributed by atoms with van der Waals surface area (Å²) in [6.07, 6.45) is -4.98. The van der Waals surface area contributed by atoms with E-state index < -0.39 is 28.9 Å². The third-order valence-electron chi connectivity index (χ3n) is 5.26. The molecule has 4 rings (SSSR count). The molecule has 0 amide bonds. The van der Waals surface area contributed by atoms with Gasteiger partial charge in [0, 0.05) is 6.07 Å². The molecule has 0 spiro atoms. The molecule has 1 heterocycles. The van der Waals surface area contributed by atoms with E-state index in [0.29, 0.717) is 0 Å². The van der Waals surface area contributed by atoms with Gasteiger partial charge in [0.2, 0.25) is 11.2 Å². The van der Waals surface area contributed by atoms with E-state index in [1.807, 2.05) is 0 Å². The predicted octanol–water partition coefficient (Wildman–Crippen LogP) is 6.02. The van der Waals surface area contributed by atoms with Crippen molar-refractivity contribution in [3.63, 3.8) is 0 Å². The van der Waals surface area contributed by atoms with Crippen LogP contribution in [0.2, 0.25) is 0 Å². The van der Waals surface area contributed by atoms with Gasteiger partial charge in [0.25, 0.3) is 0 Å². The topological polar surface area (TPSA) is 75.0 Å². The first kappa shape index (κ1) is 23.9. The Kier molecular flexibility index (Phi) is 6.26. The second-order valence-corrected chi connectivity index (χ2v) is 7.62. The molecule has 0 radical (unpaired) electrons. The van der Waals surface area contributed by atoms with Crippen LogP contribution in [-0.4, -0.2) is 20.2 Å². The minimum absolute atomic E-state index is 0.0550. The zero-order valence-corrected chi connectivity index (χ0v) is 18.9. The van der Waals surface area contributed by atoms with Crippen LogP contribution in [0, 0.1) is 6.92 Å². The zero-order valence-electron chi connectivity index (χ0n) is 18.9. The SMILES string of the molecule is COc1ccc(-c2c(C(F)(F)F)oc3cc(OC(=O)c4cccc(C)c4)ccc3c2=O)cc1OC. The number of esters is 1. The minimum Gasteiger partial charge on any atom is -0.493 e. The van der Waals surface area contributed by atoms with E-state index in [4.69, 9.17) is 18.6 Å². The number of benzene rings is 3. The number of aryl methyl sites for hydroxylation is 1. The maximum atomic E-state index is 14.0. The Morgan fingerprint density at radius 3 is 2.31 bits per heavy atom. The smallest absolute Gasteiger partial charge is 0.450 e. The van der Waals surface area contributed by atoms with Crippen LogP contribution in [0.4, 0.5) is 13.2 Å². The molecule has 0 unspecified atom stereocenters. The lowest BCUT2D eigenvalue weighted by Crippen LogP contribution is -2.16. The Balaban J connectivity index is 1.84. The van der Waals surface area contributed by atoms with Crippen molar-refractivity contribution in [3.8, 4) is 28.4 Å². The van der Waals surface area contributed by atoms with E-state index in [1.165, 1.54) is 44.6 Å². The van der Waals surface area contributed by atoms with Crippen LogP contribution < -0.4 is 19.6 Å². The van der Waals surface area contributed by atoms with E-state index in [9.17, 15) is 22.8 Å². The molecule has 35 heavy (non-hydrogen) atoms. The average Bonchev–Trinajstić information content (AvgIpc) is 2.82. The standard InChI is InChI=1S/C26H19F3O6/c1-14-5-4-6-16(11-14)25(31)34-17-8-9-18-20(13-17)35-24(26(27,28)29)22(23(18)30)15-7-10-19(32-2)21(12-15)33-3/h4-13H,1-3H3. The molecule has 0 atom stereocenters. The lowest BCUT2D eigenvalue weighted by atomic mass is 10.0. The number of halogens is 3. The molecule has 180 valence electrons. The van der Waals surface area contributed by atoms with Gasteiger partial charge in [0.05, 0.1) is 30.7 Å². The lowest BCUT2D eigenvalue weighted by Gasteiger charge is -2.15. The maximum absolute atomic E-state index is 14.0. The van der Waals surface area contributed by atoms with Gasteiger partial charge in [-0.05, 0) is 48.9 Å². The van der Waals surface area contributed by atoms with E-state index in [2.05, 4.69) is 0 Å². The van der Waals surface area contributed by atoms with E-state index in [-0.39, 0.29) is 39.3 Å². The Bertz CT molecular complexity index is 1490.